The minimum atomic E-state index is 0. The van der Waals surface area contributed by atoms with Crippen molar-refractivity contribution in [3.63, 3.8) is 0 Å². The number of pyridine rings is 1. The number of nitrogens with one attached hydrogen (secondary N) is 1. The molecular formula is C18H29N5O2S. The van der Waals surface area contributed by atoms with Gasteiger partial charge in [0.2, 0.25) is 5.95 Å². The molecule has 0 saturated heterocycles. The Morgan fingerprint density at radius 3 is 2.77 bits per heavy atom. The van der Waals surface area contributed by atoms with E-state index in [2.05, 4.69) is 27.2 Å². The molecular weight excluding hydrogens is 350 g/mol. The van der Waals surface area contributed by atoms with E-state index in [4.69, 9.17) is 10.5 Å². The van der Waals surface area contributed by atoms with Crippen LogP contribution in [0, 0.1) is 6.92 Å². The summed E-state index contributed by atoms with van der Waals surface area (Å²) < 4.78 is 5.85. The molecule has 144 valence electrons. The molecule has 0 aliphatic heterocycles. The van der Waals surface area contributed by atoms with Gasteiger partial charge in [-0.3, -0.25) is 4.98 Å². The molecule has 2 rings (SSSR count). The van der Waals surface area contributed by atoms with Gasteiger partial charge in [0.25, 0.3) is 0 Å². The van der Waals surface area contributed by atoms with E-state index in [0.717, 1.165) is 30.7 Å². The normalized spacial score (nSPS) is 11.5. The molecule has 26 heavy (non-hydrogen) atoms. The van der Waals surface area contributed by atoms with Gasteiger partial charge in [-0.15, -0.1) is 0 Å². The smallest absolute Gasteiger partial charge is 0.222 e. The summed E-state index contributed by atoms with van der Waals surface area (Å²) in [4.78, 5) is 12.7. The van der Waals surface area contributed by atoms with Gasteiger partial charge in [0.1, 0.15) is 6.61 Å². The Kier molecular flexibility index (Phi) is 9.75. The molecule has 8 heteroatoms. The van der Waals surface area contributed by atoms with E-state index in [1.165, 1.54) is 0 Å². The zero-order valence-corrected chi connectivity index (χ0v) is 16.4. The predicted molar refractivity (Wildman–Crippen MR) is 109 cm³/mol. The topological polar surface area (TPSA) is 106 Å². The molecule has 0 fully saturated rings. The monoisotopic (exact) mass is 379 g/mol. The lowest BCUT2D eigenvalue weighted by atomic mass is 10.1. The van der Waals surface area contributed by atoms with Gasteiger partial charge in [-0.25, -0.2) is 4.98 Å². The third-order valence-corrected chi connectivity index (χ3v) is 3.82. The van der Waals surface area contributed by atoms with Crippen molar-refractivity contribution in [3.05, 3.63) is 35.8 Å². The zero-order valence-electron chi connectivity index (χ0n) is 15.4. The van der Waals surface area contributed by atoms with Crippen molar-refractivity contribution in [2.45, 2.75) is 52.2 Å². The van der Waals surface area contributed by atoms with Gasteiger partial charge in [0.05, 0.1) is 11.9 Å². The van der Waals surface area contributed by atoms with Crippen LogP contribution in [0.2, 0.25) is 0 Å². The third-order valence-electron chi connectivity index (χ3n) is 3.82. The second-order valence-electron chi connectivity index (χ2n) is 6.00. The fourth-order valence-corrected chi connectivity index (χ4v) is 2.51. The molecule has 0 bridgehead atoms. The van der Waals surface area contributed by atoms with Gasteiger partial charge in [-0.1, -0.05) is 25.8 Å². The number of rotatable bonds is 10. The Morgan fingerprint density at radius 2 is 2.08 bits per heavy atom. The number of aromatic nitrogens is 3. The Hall–Kier alpha value is -2.06. The quantitative estimate of drug-likeness (QED) is 0.583. The molecule has 2 heterocycles. The molecule has 0 aliphatic rings. The number of hydrogen-bond acceptors (Lipinski definition) is 7. The summed E-state index contributed by atoms with van der Waals surface area (Å²) in [5.74, 6) is 1.26. The Bertz CT molecular complexity index is 672. The van der Waals surface area contributed by atoms with Crippen LogP contribution in [-0.2, 0) is 6.61 Å². The average molecular weight is 380 g/mol. The van der Waals surface area contributed by atoms with E-state index in [0.29, 0.717) is 24.6 Å². The van der Waals surface area contributed by atoms with Crippen molar-refractivity contribution in [1.82, 2.24) is 15.0 Å². The van der Waals surface area contributed by atoms with Crippen molar-refractivity contribution < 1.29 is 9.84 Å². The second kappa shape index (κ2) is 11.5. The number of aliphatic hydroxyl groups is 1. The highest BCUT2D eigenvalue weighted by molar-refractivity contribution is 7.59. The summed E-state index contributed by atoms with van der Waals surface area (Å²) in [5, 5.41) is 12.6. The third kappa shape index (κ3) is 7.05. The number of nitrogens with two attached hydrogens (primary N) is 1. The maximum Gasteiger partial charge on any atom is 0.222 e. The molecule has 1 atom stereocenters. The lowest BCUT2D eigenvalue weighted by Gasteiger charge is -2.20. The Labute approximate surface area is 161 Å². The molecule has 0 unspecified atom stereocenters. The summed E-state index contributed by atoms with van der Waals surface area (Å²) in [5.41, 5.74) is 7.50. The number of nitrogens with zero attached hydrogens (tertiary/aromatic N) is 3. The van der Waals surface area contributed by atoms with E-state index >= 15 is 0 Å². The van der Waals surface area contributed by atoms with Gasteiger partial charge in [-0.2, -0.15) is 18.5 Å². The van der Waals surface area contributed by atoms with Crippen molar-refractivity contribution in [2.75, 3.05) is 17.7 Å². The highest BCUT2D eigenvalue weighted by Crippen LogP contribution is 2.25. The largest absolute Gasteiger partial charge is 0.482 e. The van der Waals surface area contributed by atoms with Crippen LogP contribution in [0.1, 0.15) is 44.0 Å². The van der Waals surface area contributed by atoms with Gasteiger partial charge in [0.15, 0.2) is 11.6 Å². The minimum Gasteiger partial charge on any atom is -0.482 e. The van der Waals surface area contributed by atoms with Crippen LogP contribution in [-0.4, -0.2) is 32.7 Å². The predicted octanol–water partition coefficient (Wildman–Crippen LogP) is 2.81. The highest BCUT2D eigenvalue weighted by Gasteiger charge is 2.14. The van der Waals surface area contributed by atoms with Gasteiger partial charge in [-0.05, 0) is 31.9 Å². The van der Waals surface area contributed by atoms with Crippen LogP contribution >= 0.6 is 13.5 Å². The standard InChI is InChI=1S/C18H27N5O2.H2S/c1-3-4-7-14(9-10-24)22-17-16(11-20-18(19)23-17)25-12-15-8-5-6-13(2)21-15;/h5-6,8,11,14,24H,3-4,7,9-10,12H2,1-2H3,(H3,19,20,22,23);1H2/t14-;/m1./s1. The van der Waals surface area contributed by atoms with Gasteiger partial charge < -0.3 is 20.9 Å². The molecule has 0 radical (unpaired) electrons. The van der Waals surface area contributed by atoms with Crippen LogP contribution in [0.4, 0.5) is 11.8 Å². The van der Waals surface area contributed by atoms with Crippen LogP contribution in [0.25, 0.3) is 0 Å². The number of aliphatic hydroxyl groups excluding tert-OH is 1. The summed E-state index contributed by atoms with van der Waals surface area (Å²) in [6.07, 6.45) is 5.32. The molecule has 0 aromatic carbocycles. The van der Waals surface area contributed by atoms with Crippen molar-refractivity contribution in [2.24, 2.45) is 0 Å². The minimum absolute atomic E-state index is 0. The fraction of sp³-hybridized carbons (Fsp3) is 0.500. The first-order valence-corrected chi connectivity index (χ1v) is 8.67. The lowest BCUT2D eigenvalue weighted by Crippen LogP contribution is -2.22. The maximum atomic E-state index is 9.28. The summed E-state index contributed by atoms with van der Waals surface area (Å²) in [6, 6.07) is 5.91. The van der Waals surface area contributed by atoms with Crippen LogP contribution in [0.15, 0.2) is 24.4 Å². The van der Waals surface area contributed by atoms with Crippen LogP contribution < -0.4 is 15.8 Å². The van der Waals surface area contributed by atoms with Crippen molar-refractivity contribution in [3.8, 4) is 5.75 Å². The van der Waals surface area contributed by atoms with E-state index in [-0.39, 0.29) is 32.1 Å². The average Bonchev–Trinajstić information content (AvgIpc) is 2.59. The molecule has 0 aliphatic carbocycles. The molecule has 7 nitrogen and oxygen atoms in total. The highest BCUT2D eigenvalue weighted by atomic mass is 32.1. The van der Waals surface area contributed by atoms with E-state index < -0.39 is 0 Å². The molecule has 0 saturated carbocycles. The molecule has 4 N–H and O–H groups in total. The number of nitrogen functional groups attached to an aromatic ring is 1. The fourth-order valence-electron chi connectivity index (χ4n) is 2.51. The lowest BCUT2D eigenvalue weighted by molar-refractivity contribution is 0.275. The summed E-state index contributed by atoms with van der Waals surface area (Å²) >= 11 is 0. The molecule has 0 amide bonds. The Morgan fingerprint density at radius 1 is 1.27 bits per heavy atom. The number of anilines is 2. The molecule has 2 aromatic rings. The number of unbranched alkanes of at least 4 members (excludes halogenated alkanes) is 1. The maximum absolute atomic E-state index is 9.28. The van der Waals surface area contributed by atoms with Crippen molar-refractivity contribution >= 4 is 25.3 Å². The summed E-state index contributed by atoms with van der Waals surface area (Å²) in [6.45, 7) is 4.52. The van der Waals surface area contributed by atoms with E-state index in [1.54, 1.807) is 6.20 Å². The molecule has 0 spiro atoms. The van der Waals surface area contributed by atoms with E-state index in [9.17, 15) is 5.11 Å². The van der Waals surface area contributed by atoms with Crippen LogP contribution in [0.3, 0.4) is 0 Å². The zero-order chi connectivity index (χ0) is 18.1. The van der Waals surface area contributed by atoms with Gasteiger partial charge in [0, 0.05) is 18.3 Å². The number of ether oxygens (including phenoxy) is 1. The van der Waals surface area contributed by atoms with Crippen molar-refractivity contribution in [1.29, 1.82) is 0 Å². The first-order valence-electron chi connectivity index (χ1n) is 8.67. The first-order chi connectivity index (χ1) is 12.1. The number of hydrogen-bond donors (Lipinski definition) is 3. The second-order valence-corrected chi connectivity index (χ2v) is 6.00. The summed E-state index contributed by atoms with van der Waals surface area (Å²) in [7, 11) is 0. The Balaban J connectivity index is 0.00000338. The number of aryl methyl sites for hydroxylation is 1. The SMILES string of the molecule is CCCC[C@H](CCO)Nc1nc(N)ncc1OCc1cccc(C)n1.S. The van der Waals surface area contributed by atoms with Crippen LogP contribution in [0.5, 0.6) is 5.75 Å². The first kappa shape index (κ1) is 22.0. The molecule has 2 aromatic heterocycles. The van der Waals surface area contributed by atoms with Gasteiger partial charge >= 0.3 is 0 Å². The van der Waals surface area contributed by atoms with E-state index in [1.807, 2.05) is 25.1 Å².